The van der Waals surface area contributed by atoms with Crippen molar-refractivity contribution in [3.05, 3.63) is 45.9 Å². The molecule has 0 heterocycles. The monoisotopic (exact) mass is 345 g/mol. The van der Waals surface area contributed by atoms with Gasteiger partial charge in [-0.2, -0.15) is 0 Å². The first kappa shape index (κ1) is 15.9. The Labute approximate surface area is 132 Å². The fraction of sp³-hybridized carbons (Fsp3) is 0.0769. The summed E-state index contributed by atoms with van der Waals surface area (Å²) in [5, 5.41) is 9.03. The molecule has 2 rings (SSSR count). The molecule has 0 amide bonds. The van der Waals surface area contributed by atoms with E-state index in [1.165, 1.54) is 18.2 Å². The summed E-state index contributed by atoms with van der Waals surface area (Å²) >= 11 is 12.2. The Morgan fingerprint density at radius 1 is 1.05 bits per heavy atom. The fourth-order valence-electron chi connectivity index (χ4n) is 1.71. The van der Waals surface area contributed by atoms with Crippen molar-refractivity contribution in [2.24, 2.45) is 5.14 Å². The summed E-state index contributed by atoms with van der Waals surface area (Å²) in [5.74, 6) is 0. The second-order valence-electron chi connectivity index (χ2n) is 4.50. The maximum Gasteiger partial charge on any atom is 0.238 e. The van der Waals surface area contributed by atoms with Crippen LogP contribution in [-0.4, -0.2) is 8.42 Å². The van der Waals surface area contributed by atoms with E-state index < -0.39 is 10.0 Å². The lowest BCUT2D eigenvalue weighted by molar-refractivity contribution is 0.598. The fourth-order valence-corrected chi connectivity index (χ4v) is 2.68. The molecule has 0 fully saturated rings. The Balaban J connectivity index is 2.47. The van der Waals surface area contributed by atoms with Crippen LogP contribution in [0.15, 0.2) is 35.2 Å². The number of nitrogens with one attached hydrogen (secondary N) is 1. The minimum absolute atomic E-state index is 0.0477. The van der Waals surface area contributed by atoms with Gasteiger partial charge >= 0.3 is 0 Å². The maximum atomic E-state index is 11.4. The van der Waals surface area contributed by atoms with Crippen molar-refractivity contribution in [1.82, 2.24) is 0 Å². The van der Waals surface area contributed by atoms with Gasteiger partial charge in [0.25, 0.3) is 0 Å². The number of rotatable bonds is 3. The zero-order valence-electron chi connectivity index (χ0n) is 11.0. The Kier molecular flexibility index (Phi) is 4.34. The number of hydrogen-bond donors (Lipinski definition) is 3. The Morgan fingerprint density at radius 3 is 2.33 bits per heavy atom. The molecule has 2 aromatic carbocycles. The molecule has 0 saturated carbocycles. The lowest BCUT2D eigenvalue weighted by Crippen LogP contribution is -2.12. The van der Waals surface area contributed by atoms with Crippen molar-refractivity contribution >= 4 is 50.3 Å². The summed E-state index contributed by atoms with van der Waals surface area (Å²) in [4.78, 5) is -0.0477. The number of primary sulfonamides is 1. The smallest absolute Gasteiger partial charge is 0.238 e. The van der Waals surface area contributed by atoms with Crippen molar-refractivity contribution in [1.29, 1.82) is 0 Å². The molecular formula is C13H13Cl2N3O2S. The molecule has 0 radical (unpaired) electrons. The van der Waals surface area contributed by atoms with Gasteiger partial charge in [0, 0.05) is 5.02 Å². The number of benzene rings is 2. The standard InChI is InChI=1S/C13H13Cl2N3O2S/c1-7-4-10(15)12(6-9(7)14)18-13-5-8(21(17,19)20)2-3-11(13)16/h2-6,18H,16H2,1H3,(H2,17,19,20). The third-order valence-corrected chi connectivity index (χ3v) is 4.50. The highest BCUT2D eigenvalue weighted by Crippen LogP contribution is 2.33. The Morgan fingerprint density at radius 2 is 1.71 bits per heavy atom. The molecular weight excluding hydrogens is 333 g/mol. The van der Waals surface area contributed by atoms with Gasteiger partial charge in [-0.15, -0.1) is 0 Å². The summed E-state index contributed by atoms with van der Waals surface area (Å²) in [6, 6.07) is 7.47. The second kappa shape index (κ2) is 5.73. The zero-order chi connectivity index (χ0) is 15.8. The van der Waals surface area contributed by atoms with E-state index in [0.29, 0.717) is 27.1 Å². The molecule has 5 nitrogen and oxygen atoms in total. The average molecular weight is 346 g/mol. The third-order valence-electron chi connectivity index (χ3n) is 2.87. The maximum absolute atomic E-state index is 11.4. The van der Waals surface area contributed by atoms with E-state index in [9.17, 15) is 8.42 Å². The molecule has 8 heteroatoms. The number of aryl methyl sites for hydroxylation is 1. The highest BCUT2D eigenvalue weighted by molar-refractivity contribution is 7.89. The molecule has 0 atom stereocenters. The summed E-state index contributed by atoms with van der Waals surface area (Å²) in [6.45, 7) is 1.83. The van der Waals surface area contributed by atoms with Gasteiger partial charge in [-0.25, -0.2) is 13.6 Å². The van der Waals surface area contributed by atoms with Crippen molar-refractivity contribution < 1.29 is 8.42 Å². The molecule has 0 aromatic heterocycles. The highest BCUT2D eigenvalue weighted by Gasteiger charge is 2.12. The van der Waals surface area contributed by atoms with Crippen LogP contribution >= 0.6 is 23.2 Å². The number of hydrogen-bond acceptors (Lipinski definition) is 4. The van der Waals surface area contributed by atoms with Crippen LogP contribution in [0.5, 0.6) is 0 Å². The van der Waals surface area contributed by atoms with Gasteiger partial charge in [-0.05, 0) is 42.8 Å². The summed E-state index contributed by atoms with van der Waals surface area (Å²) in [6.07, 6.45) is 0. The van der Waals surface area contributed by atoms with Gasteiger partial charge in [0.15, 0.2) is 0 Å². The van der Waals surface area contributed by atoms with Gasteiger partial charge in [-0.3, -0.25) is 0 Å². The molecule has 5 N–H and O–H groups in total. The number of anilines is 3. The zero-order valence-corrected chi connectivity index (χ0v) is 13.4. The Hall–Kier alpha value is -1.47. The first-order valence-electron chi connectivity index (χ1n) is 5.83. The minimum Gasteiger partial charge on any atom is -0.397 e. The summed E-state index contributed by atoms with van der Waals surface area (Å²) in [5.41, 5.74) is 7.91. The predicted molar refractivity (Wildman–Crippen MR) is 86.7 cm³/mol. The molecule has 21 heavy (non-hydrogen) atoms. The quantitative estimate of drug-likeness (QED) is 0.743. The first-order chi connectivity index (χ1) is 9.68. The van der Waals surface area contributed by atoms with E-state index in [1.807, 2.05) is 6.92 Å². The third kappa shape index (κ3) is 3.59. The van der Waals surface area contributed by atoms with Crippen LogP contribution in [0, 0.1) is 6.92 Å². The van der Waals surface area contributed by atoms with E-state index >= 15 is 0 Å². The molecule has 0 aliphatic heterocycles. The highest BCUT2D eigenvalue weighted by atomic mass is 35.5. The number of nitrogen functional groups attached to an aromatic ring is 1. The van der Waals surface area contributed by atoms with Crippen LogP contribution in [-0.2, 0) is 10.0 Å². The van der Waals surface area contributed by atoms with Gasteiger partial charge in [0.05, 0.1) is 27.0 Å². The van der Waals surface area contributed by atoms with Crippen molar-refractivity contribution in [3.63, 3.8) is 0 Å². The Bertz CT molecular complexity index is 807. The average Bonchev–Trinajstić information content (AvgIpc) is 2.37. The van der Waals surface area contributed by atoms with Crippen LogP contribution in [0.4, 0.5) is 17.1 Å². The SMILES string of the molecule is Cc1cc(Cl)c(Nc2cc(S(N)(=O)=O)ccc2N)cc1Cl. The lowest BCUT2D eigenvalue weighted by atomic mass is 10.2. The van der Waals surface area contributed by atoms with Crippen molar-refractivity contribution in [3.8, 4) is 0 Å². The van der Waals surface area contributed by atoms with E-state index in [4.69, 9.17) is 34.1 Å². The molecule has 112 valence electrons. The molecule has 0 bridgehead atoms. The van der Waals surface area contributed by atoms with Crippen molar-refractivity contribution in [2.75, 3.05) is 11.1 Å². The van der Waals surface area contributed by atoms with Crippen molar-refractivity contribution in [2.45, 2.75) is 11.8 Å². The van der Waals surface area contributed by atoms with E-state index in [2.05, 4.69) is 5.32 Å². The second-order valence-corrected chi connectivity index (χ2v) is 6.88. The molecule has 0 saturated heterocycles. The molecule has 2 aromatic rings. The number of nitrogens with two attached hydrogens (primary N) is 2. The number of sulfonamides is 1. The first-order valence-corrected chi connectivity index (χ1v) is 8.13. The van der Waals surface area contributed by atoms with Crippen LogP contribution in [0.3, 0.4) is 0 Å². The van der Waals surface area contributed by atoms with Crippen LogP contribution in [0.1, 0.15) is 5.56 Å². The molecule has 0 aliphatic carbocycles. The lowest BCUT2D eigenvalue weighted by Gasteiger charge is -2.13. The predicted octanol–water partition coefficient (Wildman–Crippen LogP) is 3.28. The van der Waals surface area contributed by atoms with Gasteiger partial charge in [-0.1, -0.05) is 23.2 Å². The molecule has 0 spiro atoms. The van der Waals surface area contributed by atoms with Crippen LogP contribution in [0.25, 0.3) is 0 Å². The minimum atomic E-state index is -3.81. The topological polar surface area (TPSA) is 98.2 Å². The summed E-state index contributed by atoms with van der Waals surface area (Å²) in [7, 11) is -3.81. The van der Waals surface area contributed by atoms with E-state index in [1.54, 1.807) is 12.1 Å². The van der Waals surface area contributed by atoms with E-state index in [-0.39, 0.29) is 4.90 Å². The van der Waals surface area contributed by atoms with E-state index in [0.717, 1.165) is 5.56 Å². The normalized spacial score (nSPS) is 11.4. The van der Waals surface area contributed by atoms with Gasteiger partial charge in [0.1, 0.15) is 0 Å². The van der Waals surface area contributed by atoms with Gasteiger partial charge < -0.3 is 11.1 Å². The van der Waals surface area contributed by atoms with Crippen LogP contribution in [0.2, 0.25) is 10.0 Å². The van der Waals surface area contributed by atoms with Crippen LogP contribution < -0.4 is 16.2 Å². The number of halogens is 2. The molecule has 0 unspecified atom stereocenters. The largest absolute Gasteiger partial charge is 0.397 e. The van der Waals surface area contributed by atoms with Gasteiger partial charge in [0.2, 0.25) is 10.0 Å². The summed E-state index contributed by atoms with van der Waals surface area (Å²) < 4.78 is 22.8. The molecule has 0 aliphatic rings.